The monoisotopic (exact) mass is 546 g/mol. The standard InChI is InChI=1S/C32H30N6OS/c33-20-27(31-35-29-8-4-5-9-30(29)40-31)28-14-15-34-32(36-28)39-23-26-12-10-25(11-13-26)22-38-18-16-37(17-19-38)21-24-6-2-1-3-7-24/h1-15,27H,16-19,21-23H2. The second-order valence-corrected chi connectivity index (χ2v) is 11.1. The number of hydrogen-bond donors (Lipinski definition) is 0. The smallest absolute Gasteiger partial charge is 0.316 e. The van der Waals surface area contributed by atoms with Crippen LogP contribution in [-0.4, -0.2) is 50.9 Å². The number of ether oxygens (including phenoxy) is 1. The Morgan fingerprint density at radius 1 is 0.775 bits per heavy atom. The van der Waals surface area contributed by atoms with Crippen LogP contribution in [0.25, 0.3) is 10.2 Å². The molecule has 2 aromatic heterocycles. The summed E-state index contributed by atoms with van der Waals surface area (Å²) in [5.41, 5.74) is 5.21. The van der Waals surface area contributed by atoms with Crippen LogP contribution in [0.1, 0.15) is 33.3 Å². The molecule has 3 aromatic carbocycles. The highest BCUT2D eigenvalue weighted by molar-refractivity contribution is 7.18. The van der Waals surface area contributed by atoms with Gasteiger partial charge in [0.25, 0.3) is 0 Å². The zero-order valence-electron chi connectivity index (χ0n) is 22.2. The molecule has 1 fully saturated rings. The number of aromatic nitrogens is 3. The van der Waals surface area contributed by atoms with Gasteiger partial charge in [-0.1, -0.05) is 66.7 Å². The number of nitrogens with zero attached hydrogens (tertiary/aromatic N) is 6. The molecule has 1 aliphatic rings. The average molecular weight is 547 g/mol. The zero-order valence-corrected chi connectivity index (χ0v) is 23.0. The molecule has 6 rings (SSSR count). The Morgan fingerprint density at radius 3 is 2.12 bits per heavy atom. The molecule has 0 spiro atoms. The second kappa shape index (κ2) is 12.3. The van der Waals surface area contributed by atoms with Gasteiger partial charge >= 0.3 is 6.01 Å². The van der Waals surface area contributed by atoms with Crippen LogP contribution in [0.4, 0.5) is 0 Å². The number of piperazine rings is 1. The third-order valence-electron chi connectivity index (χ3n) is 7.15. The predicted molar refractivity (Wildman–Crippen MR) is 157 cm³/mol. The lowest BCUT2D eigenvalue weighted by Gasteiger charge is -2.34. The number of benzene rings is 3. The van der Waals surface area contributed by atoms with Crippen molar-refractivity contribution in [2.45, 2.75) is 25.6 Å². The van der Waals surface area contributed by atoms with E-state index in [9.17, 15) is 5.26 Å². The summed E-state index contributed by atoms with van der Waals surface area (Å²) in [6.07, 6.45) is 1.64. The predicted octanol–water partition coefficient (Wildman–Crippen LogP) is 5.64. The SMILES string of the molecule is N#CC(c1ccnc(OCc2ccc(CN3CCN(Cc4ccccc4)CC3)cc2)n1)c1nc2ccccc2s1. The summed E-state index contributed by atoms with van der Waals surface area (Å²) in [7, 11) is 0. The van der Waals surface area contributed by atoms with Crippen molar-refractivity contribution < 1.29 is 4.74 Å². The fourth-order valence-corrected chi connectivity index (χ4v) is 5.97. The van der Waals surface area contributed by atoms with Gasteiger partial charge < -0.3 is 4.74 Å². The number of para-hydroxylation sites is 1. The summed E-state index contributed by atoms with van der Waals surface area (Å²) in [6, 6.07) is 31.5. The number of rotatable bonds is 9. The Balaban J connectivity index is 1.01. The van der Waals surface area contributed by atoms with Gasteiger partial charge in [0.2, 0.25) is 0 Å². The van der Waals surface area contributed by atoms with E-state index < -0.39 is 5.92 Å². The van der Waals surface area contributed by atoms with Crippen molar-refractivity contribution in [3.8, 4) is 12.1 Å². The van der Waals surface area contributed by atoms with Gasteiger partial charge in [-0.3, -0.25) is 9.80 Å². The summed E-state index contributed by atoms with van der Waals surface area (Å²) < 4.78 is 6.96. The van der Waals surface area contributed by atoms with E-state index in [1.54, 1.807) is 12.3 Å². The summed E-state index contributed by atoms with van der Waals surface area (Å²) in [5.74, 6) is -0.567. The Labute approximate surface area is 238 Å². The molecule has 1 aliphatic heterocycles. The Kier molecular flexibility index (Phi) is 8.05. The molecule has 8 heteroatoms. The molecular weight excluding hydrogens is 516 g/mol. The van der Waals surface area contributed by atoms with E-state index in [1.165, 1.54) is 22.5 Å². The normalized spacial score (nSPS) is 15.1. The first-order chi connectivity index (χ1) is 19.7. The minimum atomic E-state index is -0.567. The number of nitriles is 1. The van der Waals surface area contributed by atoms with E-state index in [0.717, 1.165) is 60.1 Å². The van der Waals surface area contributed by atoms with Gasteiger partial charge in [-0.25, -0.2) is 9.97 Å². The largest absolute Gasteiger partial charge is 0.459 e. The molecule has 0 radical (unpaired) electrons. The van der Waals surface area contributed by atoms with Crippen molar-refractivity contribution in [1.82, 2.24) is 24.8 Å². The van der Waals surface area contributed by atoms with E-state index in [-0.39, 0.29) is 6.01 Å². The molecule has 1 atom stereocenters. The summed E-state index contributed by atoms with van der Waals surface area (Å²) in [4.78, 5) is 18.5. The van der Waals surface area contributed by atoms with E-state index in [2.05, 4.69) is 85.4 Å². The molecule has 0 amide bonds. The fraction of sp³-hybridized carbons (Fsp3) is 0.250. The first-order valence-electron chi connectivity index (χ1n) is 13.5. The Hall–Kier alpha value is -4.16. The van der Waals surface area contributed by atoms with Crippen molar-refractivity contribution >= 4 is 21.6 Å². The third-order valence-corrected chi connectivity index (χ3v) is 8.25. The molecule has 0 bridgehead atoms. The number of fused-ring (bicyclic) bond motifs is 1. The molecule has 200 valence electrons. The van der Waals surface area contributed by atoms with Crippen molar-refractivity contribution in [2.75, 3.05) is 26.2 Å². The first kappa shape index (κ1) is 26.1. The Morgan fingerprint density at radius 2 is 1.43 bits per heavy atom. The zero-order chi connectivity index (χ0) is 27.1. The lowest BCUT2D eigenvalue weighted by molar-refractivity contribution is 0.122. The summed E-state index contributed by atoms with van der Waals surface area (Å²) in [5, 5.41) is 10.6. The highest BCUT2D eigenvalue weighted by Crippen LogP contribution is 2.31. The van der Waals surface area contributed by atoms with Gasteiger partial charge in [0, 0.05) is 45.5 Å². The van der Waals surface area contributed by atoms with Gasteiger partial charge in [-0.15, -0.1) is 11.3 Å². The van der Waals surface area contributed by atoms with Crippen molar-refractivity contribution in [3.63, 3.8) is 0 Å². The first-order valence-corrected chi connectivity index (χ1v) is 14.3. The van der Waals surface area contributed by atoms with Crippen molar-refractivity contribution in [2.24, 2.45) is 0 Å². The maximum atomic E-state index is 9.88. The van der Waals surface area contributed by atoms with Gasteiger partial charge in [0.15, 0.2) is 0 Å². The van der Waals surface area contributed by atoms with Crippen LogP contribution in [0.5, 0.6) is 6.01 Å². The molecule has 0 N–H and O–H groups in total. The highest BCUT2D eigenvalue weighted by Gasteiger charge is 2.21. The van der Waals surface area contributed by atoms with Crippen molar-refractivity contribution in [1.29, 1.82) is 5.26 Å². The molecule has 1 saturated heterocycles. The third kappa shape index (κ3) is 6.35. The van der Waals surface area contributed by atoms with Crippen LogP contribution < -0.4 is 4.74 Å². The van der Waals surface area contributed by atoms with Gasteiger partial charge in [-0.2, -0.15) is 10.2 Å². The number of thiazole rings is 1. The maximum absolute atomic E-state index is 9.88. The molecule has 0 saturated carbocycles. The topological polar surface area (TPSA) is 78.2 Å². The van der Waals surface area contributed by atoms with Crippen LogP contribution in [0.2, 0.25) is 0 Å². The van der Waals surface area contributed by atoms with E-state index in [4.69, 9.17) is 4.74 Å². The second-order valence-electron chi connectivity index (χ2n) is 9.99. The molecular formula is C32H30N6OS. The highest BCUT2D eigenvalue weighted by atomic mass is 32.1. The van der Waals surface area contributed by atoms with Crippen molar-refractivity contribution in [3.05, 3.63) is 119 Å². The lowest BCUT2D eigenvalue weighted by Crippen LogP contribution is -2.45. The molecule has 7 nitrogen and oxygen atoms in total. The van der Waals surface area contributed by atoms with Crippen LogP contribution in [0.3, 0.4) is 0 Å². The minimum Gasteiger partial charge on any atom is -0.459 e. The van der Waals surface area contributed by atoms with Crippen LogP contribution in [-0.2, 0) is 19.7 Å². The molecule has 40 heavy (non-hydrogen) atoms. The van der Waals surface area contributed by atoms with Crippen LogP contribution >= 0.6 is 11.3 Å². The maximum Gasteiger partial charge on any atom is 0.316 e. The fourth-order valence-electron chi connectivity index (χ4n) is 4.94. The average Bonchev–Trinajstić information content (AvgIpc) is 3.43. The summed E-state index contributed by atoms with van der Waals surface area (Å²) in [6.45, 7) is 6.66. The number of hydrogen-bond acceptors (Lipinski definition) is 8. The molecule has 5 aromatic rings. The minimum absolute atomic E-state index is 0.260. The molecule has 1 unspecified atom stereocenters. The quantitative estimate of drug-likeness (QED) is 0.237. The molecule has 3 heterocycles. The van der Waals surface area contributed by atoms with E-state index >= 15 is 0 Å². The van der Waals surface area contributed by atoms with E-state index in [0.29, 0.717) is 12.3 Å². The molecule has 0 aliphatic carbocycles. The van der Waals surface area contributed by atoms with Gasteiger partial charge in [0.1, 0.15) is 17.5 Å². The summed E-state index contributed by atoms with van der Waals surface area (Å²) >= 11 is 1.51. The van der Waals surface area contributed by atoms with Gasteiger partial charge in [-0.05, 0) is 34.9 Å². The van der Waals surface area contributed by atoms with Gasteiger partial charge in [0.05, 0.1) is 22.0 Å². The Bertz CT molecular complexity index is 1560. The van der Waals surface area contributed by atoms with E-state index in [1.807, 2.05) is 24.3 Å². The lowest BCUT2D eigenvalue weighted by atomic mass is 10.1. The van der Waals surface area contributed by atoms with Crippen LogP contribution in [0.15, 0.2) is 91.1 Å². The van der Waals surface area contributed by atoms with Crippen LogP contribution in [0, 0.1) is 11.3 Å².